The second-order valence-electron chi connectivity index (χ2n) is 5.95. The van der Waals surface area contributed by atoms with Gasteiger partial charge in [-0.05, 0) is 26.7 Å². The van der Waals surface area contributed by atoms with Crippen molar-refractivity contribution in [3.63, 3.8) is 0 Å². The zero-order valence-electron chi connectivity index (χ0n) is 14.5. The fraction of sp³-hybridized carbons (Fsp3) is 0.857. The lowest BCUT2D eigenvalue weighted by atomic mass is 10.1. The number of sulfone groups is 2. The van der Waals surface area contributed by atoms with E-state index in [-0.39, 0.29) is 11.5 Å². The van der Waals surface area contributed by atoms with E-state index in [9.17, 15) is 26.4 Å². The predicted molar refractivity (Wildman–Crippen MR) is 91.8 cm³/mol. The maximum Gasteiger partial charge on any atom is 0.321 e. The Morgan fingerprint density at radius 1 is 0.800 bits per heavy atom. The Bertz CT molecular complexity index is 642. The molecule has 0 aromatic heterocycles. The summed E-state index contributed by atoms with van der Waals surface area (Å²) in [6, 6.07) is 0. The van der Waals surface area contributed by atoms with Crippen molar-refractivity contribution in [2.75, 3.05) is 11.5 Å². The average molecular weight is 402 g/mol. The highest BCUT2D eigenvalue weighted by Gasteiger charge is 2.27. The van der Waals surface area contributed by atoms with Crippen LogP contribution in [-0.4, -0.2) is 61.0 Å². The molecule has 0 spiro atoms. The molecule has 11 heteroatoms. The molecule has 0 rings (SSSR count). The Labute approximate surface area is 148 Å². The van der Waals surface area contributed by atoms with Gasteiger partial charge in [-0.3, -0.25) is 14.8 Å². The number of carbonyl (C=O) groups excluding carboxylic acids is 1. The van der Waals surface area contributed by atoms with Gasteiger partial charge in [0.1, 0.15) is 5.25 Å². The monoisotopic (exact) mass is 401 g/mol. The van der Waals surface area contributed by atoms with Crippen LogP contribution in [0.15, 0.2) is 0 Å². The van der Waals surface area contributed by atoms with Crippen LogP contribution in [0.1, 0.15) is 52.4 Å². The van der Waals surface area contributed by atoms with E-state index in [1.807, 2.05) is 0 Å². The summed E-state index contributed by atoms with van der Waals surface area (Å²) >= 11 is 0. The predicted octanol–water partition coefficient (Wildman–Crippen LogP) is 0.524. The van der Waals surface area contributed by atoms with E-state index in [1.165, 1.54) is 12.4 Å². The number of hydrogen-bond donors (Lipinski definition) is 3. The number of aliphatic carboxylic acids is 1. The molecule has 0 fully saturated rings. The van der Waals surface area contributed by atoms with Gasteiger partial charge in [-0.1, -0.05) is 25.7 Å². The van der Waals surface area contributed by atoms with Gasteiger partial charge in [0, 0.05) is 0 Å². The van der Waals surface area contributed by atoms with Gasteiger partial charge in [-0.25, -0.2) is 22.3 Å². The molecule has 1 amide bonds. The van der Waals surface area contributed by atoms with Gasteiger partial charge in [0.2, 0.25) is 0 Å². The minimum absolute atomic E-state index is 0.161. The first-order valence-corrected chi connectivity index (χ1v) is 11.5. The summed E-state index contributed by atoms with van der Waals surface area (Å²) in [6.07, 6.45) is 3.40. The smallest absolute Gasteiger partial charge is 0.321 e. The fourth-order valence-electron chi connectivity index (χ4n) is 2.07. The third kappa shape index (κ3) is 8.63. The standard InChI is InChI=1S/C14H27NO8S2/c1-11(13(16)15-19)24(20,21)9-7-5-3-4-6-8-10-25(22,23)12(2)14(17)18/h11-12,19H,3-10H2,1-2H3,(H,15,16)(H,17,18). The summed E-state index contributed by atoms with van der Waals surface area (Å²) in [5.41, 5.74) is 1.32. The van der Waals surface area contributed by atoms with Crippen molar-refractivity contribution in [3.8, 4) is 0 Å². The molecule has 3 N–H and O–H groups in total. The normalized spacial score (nSPS) is 14.7. The van der Waals surface area contributed by atoms with Crippen molar-refractivity contribution in [2.24, 2.45) is 0 Å². The molecule has 9 nitrogen and oxygen atoms in total. The van der Waals surface area contributed by atoms with E-state index < -0.39 is 42.1 Å². The maximum atomic E-state index is 11.8. The van der Waals surface area contributed by atoms with E-state index >= 15 is 0 Å². The van der Waals surface area contributed by atoms with E-state index in [2.05, 4.69) is 0 Å². The van der Waals surface area contributed by atoms with E-state index in [0.29, 0.717) is 38.5 Å². The molecule has 0 aromatic rings. The van der Waals surface area contributed by atoms with Crippen LogP contribution in [0.4, 0.5) is 0 Å². The molecular weight excluding hydrogens is 374 g/mol. The zero-order valence-corrected chi connectivity index (χ0v) is 16.1. The van der Waals surface area contributed by atoms with Gasteiger partial charge in [0.15, 0.2) is 24.9 Å². The van der Waals surface area contributed by atoms with Crippen LogP contribution < -0.4 is 5.48 Å². The number of nitrogens with one attached hydrogen (secondary N) is 1. The summed E-state index contributed by atoms with van der Waals surface area (Å²) in [7, 11) is -7.25. The quantitative estimate of drug-likeness (QED) is 0.229. The van der Waals surface area contributed by atoms with Gasteiger partial charge in [-0.2, -0.15) is 0 Å². The molecule has 2 atom stereocenters. The molecule has 2 unspecified atom stereocenters. The number of hydrogen-bond acceptors (Lipinski definition) is 7. The molecule has 0 heterocycles. The van der Waals surface area contributed by atoms with Gasteiger partial charge in [-0.15, -0.1) is 0 Å². The van der Waals surface area contributed by atoms with Gasteiger partial charge in [0.25, 0.3) is 5.91 Å². The van der Waals surface area contributed by atoms with Crippen LogP contribution in [0.2, 0.25) is 0 Å². The van der Waals surface area contributed by atoms with Crippen LogP contribution in [0.25, 0.3) is 0 Å². The molecule has 0 aliphatic carbocycles. The third-order valence-electron chi connectivity index (χ3n) is 4.01. The van der Waals surface area contributed by atoms with Crippen molar-refractivity contribution in [1.82, 2.24) is 5.48 Å². The number of carboxylic acid groups (broad SMARTS) is 1. The maximum absolute atomic E-state index is 11.8. The first-order chi connectivity index (χ1) is 11.5. The van der Waals surface area contributed by atoms with Gasteiger partial charge >= 0.3 is 5.97 Å². The number of unbranched alkanes of at least 4 members (excludes halogenated alkanes) is 5. The summed E-state index contributed by atoms with van der Waals surface area (Å²) in [4.78, 5) is 21.8. The van der Waals surface area contributed by atoms with Crippen LogP contribution in [0.5, 0.6) is 0 Å². The Morgan fingerprint density at radius 2 is 1.16 bits per heavy atom. The molecule has 0 saturated heterocycles. The van der Waals surface area contributed by atoms with Crippen LogP contribution in [0, 0.1) is 0 Å². The number of carbonyl (C=O) groups is 2. The average Bonchev–Trinajstić information content (AvgIpc) is 2.54. The molecule has 0 aliphatic heterocycles. The van der Waals surface area contributed by atoms with Crippen molar-refractivity contribution >= 4 is 31.6 Å². The molecule has 25 heavy (non-hydrogen) atoms. The molecule has 0 radical (unpaired) electrons. The largest absolute Gasteiger partial charge is 0.480 e. The molecule has 0 saturated carbocycles. The Balaban J connectivity index is 3.95. The molecule has 0 aliphatic rings. The Hall–Kier alpha value is -1.20. The first kappa shape index (κ1) is 23.8. The lowest BCUT2D eigenvalue weighted by Gasteiger charge is -2.10. The SMILES string of the molecule is CC(C(=O)O)S(=O)(=O)CCCCCCCCS(=O)(=O)C(C)C(=O)NO. The van der Waals surface area contributed by atoms with Crippen LogP contribution in [0.3, 0.4) is 0 Å². The summed E-state index contributed by atoms with van der Waals surface area (Å²) < 4.78 is 46.9. The minimum Gasteiger partial charge on any atom is -0.480 e. The topological polar surface area (TPSA) is 155 Å². The molecular formula is C14H27NO8S2. The highest BCUT2D eigenvalue weighted by atomic mass is 32.2. The van der Waals surface area contributed by atoms with Crippen molar-refractivity contribution < 1.29 is 36.7 Å². The van der Waals surface area contributed by atoms with E-state index in [0.717, 1.165) is 6.92 Å². The van der Waals surface area contributed by atoms with Gasteiger partial charge < -0.3 is 5.11 Å². The van der Waals surface area contributed by atoms with Gasteiger partial charge in [0.05, 0.1) is 11.5 Å². The lowest BCUT2D eigenvalue weighted by Crippen LogP contribution is -2.37. The van der Waals surface area contributed by atoms with Crippen molar-refractivity contribution in [2.45, 2.75) is 62.9 Å². The molecule has 148 valence electrons. The van der Waals surface area contributed by atoms with Crippen LogP contribution >= 0.6 is 0 Å². The number of rotatable bonds is 13. The van der Waals surface area contributed by atoms with E-state index in [1.54, 1.807) is 0 Å². The Kier molecular flexibility index (Phi) is 10.2. The highest BCUT2D eigenvalue weighted by molar-refractivity contribution is 7.93. The molecule has 0 bridgehead atoms. The van der Waals surface area contributed by atoms with Crippen molar-refractivity contribution in [1.29, 1.82) is 0 Å². The fourth-order valence-corrected chi connectivity index (χ4v) is 4.68. The lowest BCUT2D eigenvalue weighted by molar-refractivity contribution is -0.136. The Morgan fingerprint density at radius 3 is 1.52 bits per heavy atom. The number of hydroxylamine groups is 1. The van der Waals surface area contributed by atoms with Crippen LogP contribution in [-0.2, 0) is 29.3 Å². The third-order valence-corrected chi connectivity index (χ3v) is 8.30. The molecule has 0 aromatic carbocycles. The highest BCUT2D eigenvalue weighted by Crippen LogP contribution is 2.12. The summed E-state index contributed by atoms with van der Waals surface area (Å²) in [6.45, 7) is 2.36. The first-order valence-electron chi connectivity index (χ1n) is 8.05. The zero-order chi connectivity index (χ0) is 19.7. The van der Waals surface area contributed by atoms with E-state index in [4.69, 9.17) is 10.3 Å². The van der Waals surface area contributed by atoms with Crippen molar-refractivity contribution in [3.05, 3.63) is 0 Å². The number of carboxylic acids is 1. The second-order valence-corrected chi connectivity index (χ2v) is 10.8. The summed E-state index contributed by atoms with van der Waals surface area (Å²) in [5.74, 6) is -2.66. The summed E-state index contributed by atoms with van der Waals surface area (Å²) in [5, 5.41) is 14.4. The number of amides is 1. The minimum atomic E-state index is -3.63. The second kappa shape index (κ2) is 10.7.